The Morgan fingerprint density at radius 1 is 1.07 bits per heavy atom. The Morgan fingerprint density at radius 2 is 1.89 bits per heavy atom. The zero-order valence-electron chi connectivity index (χ0n) is 25.6. The second-order valence-corrected chi connectivity index (χ2v) is 11.0. The van der Waals surface area contributed by atoms with Crippen LogP contribution in [0.3, 0.4) is 0 Å². The summed E-state index contributed by atoms with van der Waals surface area (Å²) in [5.41, 5.74) is 2.05. The molecule has 12 heteroatoms. The molecule has 2 aromatic carbocycles. The Labute approximate surface area is 255 Å². The largest absolute Gasteiger partial charge is 0.497 e. The second-order valence-electron chi connectivity index (χ2n) is 11.0. The van der Waals surface area contributed by atoms with Crippen molar-refractivity contribution in [1.29, 1.82) is 0 Å². The average molecular weight is 603 g/mol. The molecule has 0 saturated heterocycles. The van der Waals surface area contributed by atoms with E-state index in [0.29, 0.717) is 41.9 Å². The molecule has 12 nitrogen and oxygen atoms in total. The minimum absolute atomic E-state index is 0.0825. The van der Waals surface area contributed by atoms with Gasteiger partial charge in [-0.2, -0.15) is 0 Å². The van der Waals surface area contributed by atoms with Crippen molar-refractivity contribution in [2.24, 2.45) is 13.0 Å². The van der Waals surface area contributed by atoms with E-state index in [0.717, 1.165) is 16.5 Å². The highest BCUT2D eigenvalue weighted by Gasteiger charge is 2.28. The number of aryl methyl sites for hydroxylation is 1. The van der Waals surface area contributed by atoms with Crippen LogP contribution in [0.15, 0.2) is 54.9 Å². The third-order valence-electron chi connectivity index (χ3n) is 7.76. The summed E-state index contributed by atoms with van der Waals surface area (Å²) < 4.78 is 20.8. The Kier molecular flexibility index (Phi) is 9.07. The van der Waals surface area contributed by atoms with E-state index in [1.54, 1.807) is 44.2 Å². The van der Waals surface area contributed by atoms with Crippen LogP contribution in [0.25, 0.3) is 22.3 Å². The van der Waals surface area contributed by atoms with Gasteiger partial charge in [0.25, 0.3) is 5.91 Å². The van der Waals surface area contributed by atoms with Gasteiger partial charge in [-0.15, -0.1) is 0 Å². The van der Waals surface area contributed by atoms with Gasteiger partial charge in [-0.3, -0.25) is 14.4 Å². The van der Waals surface area contributed by atoms with Gasteiger partial charge in [-0.1, -0.05) is 13.8 Å². The lowest BCUT2D eigenvalue weighted by Crippen LogP contribution is -2.53. The first-order valence-electron chi connectivity index (χ1n) is 14.5. The number of fused-ring (bicyclic) bond motifs is 5. The molecule has 5 rings (SSSR count). The smallest absolute Gasteiger partial charge is 0.271 e. The van der Waals surface area contributed by atoms with E-state index >= 15 is 0 Å². The lowest BCUT2D eigenvalue weighted by atomic mass is 10.0. The van der Waals surface area contributed by atoms with Crippen LogP contribution in [0, 0.1) is 5.92 Å². The topological polar surface area (TPSA) is 129 Å². The Bertz CT molecular complexity index is 1670. The number of methoxy groups -OCH3 is 2. The normalized spacial score (nSPS) is 16.5. The van der Waals surface area contributed by atoms with Crippen LogP contribution < -0.4 is 24.8 Å². The number of hydrogen-bond donors (Lipinski definition) is 2. The van der Waals surface area contributed by atoms with Crippen molar-refractivity contribution in [3.63, 3.8) is 0 Å². The minimum Gasteiger partial charge on any atom is -0.497 e. The maximum absolute atomic E-state index is 14.0. The molecule has 0 radical (unpaired) electrons. The van der Waals surface area contributed by atoms with E-state index in [9.17, 15) is 14.4 Å². The fourth-order valence-electron chi connectivity index (χ4n) is 5.36. The van der Waals surface area contributed by atoms with Crippen LogP contribution in [0.1, 0.15) is 24.3 Å². The van der Waals surface area contributed by atoms with Crippen LogP contribution in [-0.4, -0.2) is 83.2 Å². The molecule has 4 aromatic rings. The summed E-state index contributed by atoms with van der Waals surface area (Å²) in [5, 5.41) is 6.61. The molecule has 0 saturated carbocycles. The highest BCUT2D eigenvalue weighted by molar-refractivity contribution is 6.00. The molecule has 3 amide bonds. The number of benzene rings is 2. The molecule has 3 heterocycles. The molecule has 1 atom stereocenters. The van der Waals surface area contributed by atoms with Crippen molar-refractivity contribution in [3.05, 3.63) is 60.6 Å². The first-order valence-corrected chi connectivity index (χ1v) is 14.5. The van der Waals surface area contributed by atoms with E-state index in [4.69, 9.17) is 14.2 Å². The highest BCUT2D eigenvalue weighted by Crippen LogP contribution is 2.32. The van der Waals surface area contributed by atoms with Gasteiger partial charge in [0.15, 0.2) is 11.5 Å². The number of imidazole rings is 1. The number of carbonyl (C=O) groups is 3. The molecule has 2 aromatic heterocycles. The predicted molar refractivity (Wildman–Crippen MR) is 165 cm³/mol. The summed E-state index contributed by atoms with van der Waals surface area (Å²) in [4.78, 5) is 46.5. The van der Waals surface area contributed by atoms with Crippen molar-refractivity contribution < 1.29 is 28.6 Å². The number of nitrogens with zero attached hydrogens (tertiary/aromatic N) is 4. The van der Waals surface area contributed by atoms with Crippen molar-refractivity contribution >= 4 is 28.6 Å². The Balaban J connectivity index is 1.49. The first-order chi connectivity index (χ1) is 21.2. The van der Waals surface area contributed by atoms with Gasteiger partial charge in [0.05, 0.1) is 20.8 Å². The zero-order chi connectivity index (χ0) is 31.4. The van der Waals surface area contributed by atoms with Gasteiger partial charge in [0, 0.05) is 49.0 Å². The molecular formula is C32H38N6O6. The van der Waals surface area contributed by atoms with Gasteiger partial charge in [-0.25, -0.2) is 4.98 Å². The number of hydrogen-bond acceptors (Lipinski definition) is 7. The first kappa shape index (κ1) is 30.5. The molecule has 1 aliphatic rings. The van der Waals surface area contributed by atoms with Gasteiger partial charge in [0.2, 0.25) is 11.8 Å². The summed E-state index contributed by atoms with van der Waals surface area (Å²) in [6, 6.07) is 12.1. The van der Waals surface area contributed by atoms with E-state index in [-0.39, 0.29) is 37.4 Å². The van der Waals surface area contributed by atoms with Crippen LogP contribution in [-0.2, 0) is 23.2 Å². The van der Waals surface area contributed by atoms with E-state index < -0.39 is 11.9 Å². The quantitative estimate of drug-likeness (QED) is 0.368. The van der Waals surface area contributed by atoms with E-state index in [2.05, 4.69) is 15.6 Å². The molecule has 2 bridgehead atoms. The van der Waals surface area contributed by atoms with Gasteiger partial charge >= 0.3 is 0 Å². The molecule has 232 valence electrons. The van der Waals surface area contributed by atoms with E-state index in [1.165, 1.54) is 4.90 Å². The van der Waals surface area contributed by atoms with Crippen molar-refractivity contribution in [2.75, 3.05) is 40.5 Å². The van der Waals surface area contributed by atoms with Crippen LogP contribution in [0.2, 0.25) is 0 Å². The minimum atomic E-state index is -0.780. The fourth-order valence-corrected chi connectivity index (χ4v) is 5.36. The summed E-state index contributed by atoms with van der Waals surface area (Å²) >= 11 is 0. The lowest BCUT2D eigenvalue weighted by molar-refractivity contribution is -0.130. The van der Waals surface area contributed by atoms with Crippen LogP contribution >= 0.6 is 0 Å². The SMILES string of the molecule is COc1ccc2c(c1)cc(C(=O)N1CCOc3cc(ccc3OC)-c3nccn3CCNC(=O)[C@@H](C(C)C)NC(=O)C1)n2C. The van der Waals surface area contributed by atoms with Crippen molar-refractivity contribution in [2.45, 2.75) is 26.4 Å². The summed E-state index contributed by atoms with van der Waals surface area (Å²) in [5.74, 6) is 1.09. The monoisotopic (exact) mass is 602 g/mol. The molecular weight excluding hydrogens is 564 g/mol. The maximum Gasteiger partial charge on any atom is 0.271 e. The van der Waals surface area contributed by atoms with Crippen molar-refractivity contribution in [1.82, 2.24) is 29.7 Å². The second kappa shape index (κ2) is 13.1. The summed E-state index contributed by atoms with van der Waals surface area (Å²) in [7, 11) is 4.95. The van der Waals surface area contributed by atoms with Gasteiger partial charge < -0.3 is 38.9 Å². The molecule has 0 unspecified atom stereocenters. The number of amides is 3. The molecule has 1 aliphatic heterocycles. The summed E-state index contributed by atoms with van der Waals surface area (Å²) in [6.07, 6.45) is 3.54. The highest BCUT2D eigenvalue weighted by atomic mass is 16.5. The number of aromatic nitrogens is 3. The molecule has 0 spiro atoms. The maximum atomic E-state index is 14.0. The molecule has 2 N–H and O–H groups in total. The fraction of sp³-hybridized carbons (Fsp3) is 0.375. The number of nitrogens with one attached hydrogen (secondary N) is 2. The van der Waals surface area contributed by atoms with Gasteiger partial charge in [-0.05, 0) is 48.4 Å². The van der Waals surface area contributed by atoms with Gasteiger partial charge in [0.1, 0.15) is 36.5 Å². The molecule has 0 fully saturated rings. The number of ether oxygens (including phenoxy) is 3. The third-order valence-corrected chi connectivity index (χ3v) is 7.76. The zero-order valence-corrected chi connectivity index (χ0v) is 25.6. The van der Waals surface area contributed by atoms with Crippen LogP contribution in [0.4, 0.5) is 0 Å². The Hall–Kier alpha value is -5.00. The number of rotatable bonds is 4. The summed E-state index contributed by atoms with van der Waals surface area (Å²) in [6.45, 7) is 4.44. The number of carbonyl (C=O) groups excluding carboxylic acids is 3. The predicted octanol–water partition coefficient (Wildman–Crippen LogP) is 2.85. The lowest BCUT2D eigenvalue weighted by Gasteiger charge is -2.26. The third kappa shape index (κ3) is 6.34. The van der Waals surface area contributed by atoms with Crippen molar-refractivity contribution in [3.8, 4) is 28.6 Å². The standard InChI is InChI=1S/C32H38N6O6/c1-20(2)29-31(40)34-11-13-37-12-10-33-30(37)21-6-9-26(43-5)27(18-21)44-15-14-38(19-28(39)35-29)32(41)25-17-22-16-23(42-4)7-8-24(22)36(25)3/h6-10,12,16-18,20,29H,11,13-15,19H2,1-5H3,(H,34,40)(H,35,39)/t29-/m1/s1. The van der Waals surface area contributed by atoms with E-state index in [1.807, 2.05) is 54.9 Å². The Morgan fingerprint density at radius 3 is 2.64 bits per heavy atom. The average Bonchev–Trinajstić information content (AvgIpc) is 3.62. The molecule has 44 heavy (non-hydrogen) atoms. The van der Waals surface area contributed by atoms with Crippen LogP contribution in [0.5, 0.6) is 17.2 Å². The molecule has 0 aliphatic carbocycles.